The van der Waals surface area contributed by atoms with E-state index in [1.807, 2.05) is 6.92 Å². The highest BCUT2D eigenvalue weighted by Crippen LogP contribution is 2.48. The van der Waals surface area contributed by atoms with Crippen LogP contribution in [-0.2, 0) is 9.53 Å². The fourth-order valence-electron chi connectivity index (χ4n) is 3.10. The van der Waals surface area contributed by atoms with Crippen LogP contribution in [0.15, 0.2) is 0 Å². The summed E-state index contributed by atoms with van der Waals surface area (Å²) >= 11 is 0. The molecule has 0 heterocycles. The summed E-state index contributed by atoms with van der Waals surface area (Å²) in [6.07, 6.45) is 4.57. The molecule has 1 aliphatic carbocycles. The van der Waals surface area contributed by atoms with Gasteiger partial charge in [-0.1, -0.05) is 13.8 Å². The quantitative estimate of drug-likeness (QED) is 0.730. The Balaban J connectivity index is 2.50. The highest BCUT2D eigenvalue weighted by Gasteiger charge is 2.53. The Hall–Kier alpha value is -0.610. The number of methoxy groups -OCH3 is 1. The van der Waals surface area contributed by atoms with Crippen LogP contribution in [0.5, 0.6) is 0 Å². The van der Waals surface area contributed by atoms with Gasteiger partial charge in [0, 0.05) is 31.0 Å². The number of hydrogen-bond acceptors (Lipinski definition) is 3. The monoisotopic (exact) mass is 256 g/mol. The Morgan fingerprint density at radius 2 is 2.11 bits per heavy atom. The van der Waals surface area contributed by atoms with Crippen molar-refractivity contribution in [3.8, 4) is 0 Å². The number of rotatable bonds is 7. The molecule has 0 radical (unpaired) electrons. The van der Waals surface area contributed by atoms with E-state index < -0.39 is 0 Å². The maximum absolute atomic E-state index is 11.9. The molecule has 3 unspecified atom stereocenters. The molecule has 0 bridgehead atoms. The van der Waals surface area contributed by atoms with Crippen molar-refractivity contribution in [2.45, 2.75) is 71.1 Å². The first-order valence-corrected chi connectivity index (χ1v) is 7.07. The molecule has 0 aromatic heterocycles. The van der Waals surface area contributed by atoms with E-state index >= 15 is 0 Å². The number of ether oxygens (including phenoxy) is 1. The van der Waals surface area contributed by atoms with Crippen LogP contribution in [0.25, 0.3) is 0 Å². The van der Waals surface area contributed by atoms with Gasteiger partial charge in [-0.3, -0.25) is 4.79 Å². The minimum Gasteiger partial charge on any atom is -0.381 e. The smallest absolute Gasteiger partial charge is 0.220 e. The summed E-state index contributed by atoms with van der Waals surface area (Å²) in [5, 5.41) is 3.15. The van der Waals surface area contributed by atoms with Crippen molar-refractivity contribution in [1.82, 2.24) is 5.32 Å². The highest BCUT2D eigenvalue weighted by molar-refractivity contribution is 5.76. The molecule has 0 aliphatic heterocycles. The van der Waals surface area contributed by atoms with Gasteiger partial charge in [0.25, 0.3) is 0 Å². The molecule has 4 heteroatoms. The first-order chi connectivity index (χ1) is 8.50. The number of carbonyl (C=O) groups excluding carboxylic acids is 1. The lowest BCUT2D eigenvalue weighted by atomic mass is 9.58. The standard InChI is InChI=1S/C14H28N2O2/c1-5-14(6-2)11(9-12(14)18-4)16-13(17)8-7-10(3)15/h10-12H,5-9,15H2,1-4H3,(H,16,17). The van der Waals surface area contributed by atoms with Gasteiger partial charge in [0.05, 0.1) is 6.10 Å². The fraction of sp³-hybridized carbons (Fsp3) is 0.929. The summed E-state index contributed by atoms with van der Waals surface area (Å²) < 4.78 is 5.52. The minimum atomic E-state index is 0.0889. The SMILES string of the molecule is CCC1(CC)C(NC(=O)CCC(C)N)CC1OC. The molecule has 1 rings (SSSR count). The van der Waals surface area contributed by atoms with Gasteiger partial charge in [0.1, 0.15) is 0 Å². The van der Waals surface area contributed by atoms with Crippen molar-refractivity contribution < 1.29 is 9.53 Å². The third-order valence-electron chi connectivity index (χ3n) is 4.55. The lowest BCUT2D eigenvalue weighted by Gasteiger charge is -2.55. The Bertz CT molecular complexity index is 275. The third kappa shape index (κ3) is 3.04. The summed E-state index contributed by atoms with van der Waals surface area (Å²) in [6.45, 7) is 6.28. The van der Waals surface area contributed by atoms with Crippen LogP contribution in [0.2, 0.25) is 0 Å². The molecule has 18 heavy (non-hydrogen) atoms. The van der Waals surface area contributed by atoms with E-state index in [0.29, 0.717) is 6.42 Å². The van der Waals surface area contributed by atoms with E-state index in [2.05, 4.69) is 19.2 Å². The molecule has 4 nitrogen and oxygen atoms in total. The fourth-order valence-corrected chi connectivity index (χ4v) is 3.10. The molecule has 1 aliphatic rings. The lowest BCUT2D eigenvalue weighted by Crippen LogP contribution is -2.64. The van der Waals surface area contributed by atoms with E-state index in [4.69, 9.17) is 10.5 Å². The van der Waals surface area contributed by atoms with Gasteiger partial charge in [-0.15, -0.1) is 0 Å². The first-order valence-electron chi connectivity index (χ1n) is 7.07. The second-order valence-corrected chi connectivity index (χ2v) is 5.54. The van der Waals surface area contributed by atoms with Gasteiger partial charge in [-0.25, -0.2) is 0 Å². The third-order valence-corrected chi connectivity index (χ3v) is 4.55. The lowest BCUT2D eigenvalue weighted by molar-refractivity contribution is -0.141. The maximum atomic E-state index is 11.9. The van der Waals surface area contributed by atoms with E-state index in [9.17, 15) is 4.79 Å². The van der Waals surface area contributed by atoms with E-state index in [-0.39, 0.29) is 29.5 Å². The zero-order chi connectivity index (χ0) is 13.8. The topological polar surface area (TPSA) is 64.4 Å². The summed E-state index contributed by atoms with van der Waals surface area (Å²) in [6, 6.07) is 0.351. The molecule has 1 fully saturated rings. The van der Waals surface area contributed by atoms with Crippen molar-refractivity contribution in [3.63, 3.8) is 0 Å². The molecule has 3 atom stereocenters. The Morgan fingerprint density at radius 3 is 2.56 bits per heavy atom. The Morgan fingerprint density at radius 1 is 1.50 bits per heavy atom. The average Bonchev–Trinajstić information content (AvgIpc) is 2.33. The zero-order valence-corrected chi connectivity index (χ0v) is 12.2. The summed E-state index contributed by atoms with van der Waals surface area (Å²) in [7, 11) is 1.76. The van der Waals surface area contributed by atoms with Crippen molar-refractivity contribution in [3.05, 3.63) is 0 Å². The van der Waals surface area contributed by atoms with Crippen molar-refractivity contribution >= 4 is 5.91 Å². The van der Waals surface area contributed by atoms with Crippen molar-refractivity contribution in [1.29, 1.82) is 0 Å². The van der Waals surface area contributed by atoms with Gasteiger partial charge in [0.2, 0.25) is 5.91 Å². The number of nitrogens with one attached hydrogen (secondary N) is 1. The van der Waals surface area contributed by atoms with Gasteiger partial charge < -0.3 is 15.8 Å². The molecule has 0 aromatic carbocycles. The molecule has 0 saturated heterocycles. The van der Waals surface area contributed by atoms with Crippen LogP contribution in [0.3, 0.4) is 0 Å². The van der Waals surface area contributed by atoms with E-state index in [1.165, 1.54) is 0 Å². The number of amides is 1. The van der Waals surface area contributed by atoms with Crippen LogP contribution in [0.4, 0.5) is 0 Å². The van der Waals surface area contributed by atoms with Gasteiger partial charge in [-0.2, -0.15) is 0 Å². The van der Waals surface area contributed by atoms with E-state index in [1.54, 1.807) is 7.11 Å². The van der Waals surface area contributed by atoms with Gasteiger partial charge in [0.15, 0.2) is 0 Å². The molecule has 0 aromatic rings. The van der Waals surface area contributed by atoms with Crippen molar-refractivity contribution in [2.75, 3.05) is 7.11 Å². The molecular weight excluding hydrogens is 228 g/mol. The second kappa shape index (κ2) is 6.53. The predicted molar refractivity (Wildman–Crippen MR) is 73.2 cm³/mol. The number of hydrogen-bond donors (Lipinski definition) is 2. The largest absolute Gasteiger partial charge is 0.381 e. The summed E-state index contributed by atoms with van der Waals surface area (Å²) in [5.74, 6) is 0.123. The molecule has 106 valence electrons. The average molecular weight is 256 g/mol. The molecule has 0 spiro atoms. The predicted octanol–water partition coefficient (Wildman–Crippen LogP) is 1.82. The minimum absolute atomic E-state index is 0.0889. The second-order valence-electron chi connectivity index (χ2n) is 5.54. The maximum Gasteiger partial charge on any atom is 0.220 e. The number of carbonyl (C=O) groups is 1. The van der Waals surface area contributed by atoms with Crippen LogP contribution < -0.4 is 11.1 Å². The van der Waals surface area contributed by atoms with E-state index in [0.717, 1.165) is 25.7 Å². The summed E-state index contributed by atoms with van der Waals surface area (Å²) in [5.41, 5.74) is 5.79. The summed E-state index contributed by atoms with van der Waals surface area (Å²) in [4.78, 5) is 11.9. The highest BCUT2D eigenvalue weighted by atomic mass is 16.5. The Kier molecular flexibility index (Phi) is 5.60. The molecule has 1 amide bonds. The zero-order valence-electron chi connectivity index (χ0n) is 12.2. The van der Waals surface area contributed by atoms with Crippen LogP contribution >= 0.6 is 0 Å². The van der Waals surface area contributed by atoms with Gasteiger partial charge in [-0.05, 0) is 32.6 Å². The van der Waals surface area contributed by atoms with Gasteiger partial charge >= 0.3 is 0 Å². The normalized spacial score (nSPS) is 27.4. The molecular formula is C14H28N2O2. The first kappa shape index (κ1) is 15.4. The Labute approximate surface area is 111 Å². The molecule has 3 N–H and O–H groups in total. The van der Waals surface area contributed by atoms with Crippen LogP contribution in [0.1, 0.15) is 52.9 Å². The van der Waals surface area contributed by atoms with Crippen molar-refractivity contribution in [2.24, 2.45) is 11.1 Å². The van der Waals surface area contributed by atoms with Crippen LogP contribution in [0, 0.1) is 5.41 Å². The number of nitrogens with two attached hydrogens (primary N) is 1. The molecule has 1 saturated carbocycles. The van der Waals surface area contributed by atoms with Crippen LogP contribution in [-0.4, -0.2) is 31.2 Å².